The summed E-state index contributed by atoms with van der Waals surface area (Å²) in [7, 11) is -3.64. The van der Waals surface area contributed by atoms with Crippen molar-refractivity contribution >= 4 is 10.2 Å². The fourth-order valence-corrected chi connectivity index (χ4v) is 3.53. The third-order valence-electron chi connectivity index (χ3n) is 3.30. The van der Waals surface area contributed by atoms with Gasteiger partial charge in [0.1, 0.15) is 0 Å². The van der Waals surface area contributed by atoms with E-state index >= 15 is 0 Å². The molecule has 1 saturated carbocycles. The topological polar surface area (TPSA) is 72.2 Å². The maximum Gasteiger partial charge on any atom is 0.274 e. The molecule has 0 saturated heterocycles. The van der Waals surface area contributed by atoms with Crippen molar-refractivity contribution in [3.63, 3.8) is 0 Å². The zero-order valence-electron chi connectivity index (χ0n) is 9.72. The molecule has 3 N–H and O–H groups in total. The summed E-state index contributed by atoms with van der Waals surface area (Å²) in [5.74, 6) is 0. The SMILES string of the molecule is NS(=O)(=O)NC1(Cc2ccccc2)CCCC1. The largest absolute Gasteiger partial charge is 0.274 e. The minimum atomic E-state index is -3.64. The molecule has 94 valence electrons. The van der Waals surface area contributed by atoms with Crippen LogP contribution in [-0.4, -0.2) is 14.0 Å². The van der Waals surface area contributed by atoms with Crippen molar-refractivity contribution in [1.82, 2.24) is 4.72 Å². The summed E-state index contributed by atoms with van der Waals surface area (Å²) in [5, 5.41) is 5.12. The second-order valence-corrected chi connectivity index (χ2v) is 6.09. The van der Waals surface area contributed by atoms with Crippen LogP contribution in [0.4, 0.5) is 0 Å². The summed E-state index contributed by atoms with van der Waals surface area (Å²) in [6, 6.07) is 9.93. The van der Waals surface area contributed by atoms with E-state index in [1.807, 2.05) is 30.3 Å². The summed E-state index contributed by atoms with van der Waals surface area (Å²) < 4.78 is 25.1. The second-order valence-electron chi connectivity index (χ2n) is 4.80. The molecule has 0 atom stereocenters. The number of rotatable bonds is 4. The Kier molecular flexibility index (Phi) is 3.51. The second kappa shape index (κ2) is 4.76. The molecule has 1 aromatic rings. The molecule has 1 aliphatic carbocycles. The van der Waals surface area contributed by atoms with Crippen LogP contribution >= 0.6 is 0 Å². The molecule has 0 heterocycles. The van der Waals surface area contributed by atoms with Crippen LogP contribution in [0.15, 0.2) is 30.3 Å². The predicted molar refractivity (Wildman–Crippen MR) is 67.6 cm³/mol. The van der Waals surface area contributed by atoms with E-state index in [9.17, 15) is 8.42 Å². The molecule has 0 bridgehead atoms. The van der Waals surface area contributed by atoms with Crippen LogP contribution in [0.25, 0.3) is 0 Å². The van der Waals surface area contributed by atoms with Crippen LogP contribution in [0, 0.1) is 0 Å². The molecule has 0 unspecified atom stereocenters. The van der Waals surface area contributed by atoms with E-state index in [-0.39, 0.29) is 5.54 Å². The van der Waals surface area contributed by atoms with Gasteiger partial charge >= 0.3 is 0 Å². The molecule has 1 aliphatic rings. The Morgan fingerprint density at radius 3 is 2.29 bits per heavy atom. The molecule has 0 spiro atoms. The molecule has 0 aromatic heterocycles. The van der Waals surface area contributed by atoms with Gasteiger partial charge in [0.05, 0.1) is 0 Å². The van der Waals surface area contributed by atoms with E-state index in [2.05, 4.69) is 4.72 Å². The third kappa shape index (κ3) is 3.52. The van der Waals surface area contributed by atoms with E-state index in [0.29, 0.717) is 6.42 Å². The molecule has 5 heteroatoms. The zero-order chi connectivity index (χ0) is 12.4. The smallest absolute Gasteiger partial charge is 0.216 e. The first-order valence-electron chi connectivity index (χ1n) is 5.85. The summed E-state index contributed by atoms with van der Waals surface area (Å²) in [6.07, 6.45) is 4.53. The highest BCUT2D eigenvalue weighted by Crippen LogP contribution is 2.33. The third-order valence-corrected chi connectivity index (χ3v) is 4.02. The molecule has 2 rings (SSSR count). The minimum Gasteiger partial charge on any atom is -0.216 e. The number of hydrogen-bond donors (Lipinski definition) is 2. The Morgan fingerprint density at radius 1 is 1.18 bits per heavy atom. The lowest BCUT2D eigenvalue weighted by Gasteiger charge is -2.29. The van der Waals surface area contributed by atoms with Gasteiger partial charge in [-0.25, -0.2) is 5.14 Å². The summed E-state index contributed by atoms with van der Waals surface area (Å²) in [5.41, 5.74) is 0.764. The van der Waals surface area contributed by atoms with E-state index in [0.717, 1.165) is 31.2 Å². The lowest BCUT2D eigenvalue weighted by molar-refractivity contribution is 0.387. The highest BCUT2D eigenvalue weighted by Gasteiger charge is 2.36. The van der Waals surface area contributed by atoms with Gasteiger partial charge in [0.2, 0.25) is 0 Å². The van der Waals surface area contributed by atoms with Crippen molar-refractivity contribution in [3.8, 4) is 0 Å². The van der Waals surface area contributed by atoms with Gasteiger partial charge in [0, 0.05) is 5.54 Å². The molecule has 4 nitrogen and oxygen atoms in total. The van der Waals surface area contributed by atoms with E-state index in [4.69, 9.17) is 5.14 Å². The summed E-state index contributed by atoms with van der Waals surface area (Å²) >= 11 is 0. The molecular weight excluding hydrogens is 236 g/mol. The van der Waals surface area contributed by atoms with E-state index in [1.165, 1.54) is 0 Å². The van der Waals surface area contributed by atoms with Crippen LogP contribution in [0.3, 0.4) is 0 Å². The standard InChI is InChI=1S/C12H18N2O2S/c13-17(15,16)14-12(8-4-5-9-12)10-11-6-2-1-3-7-11/h1-3,6-7,14H,4-5,8-10H2,(H2,13,15,16). The van der Waals surface area contributed by atoms with Crippen molar-refractivity contribution in [2.45, 2.75) is 37.6 Å². The fourth-order valence-electron chi connectivity index (χ4n) is 2.66. The van der Waals surface area contributed by atoms with Crippen LogP contribution in [0.1, 0.15) is 31.2 Å². The van der Waals surface area contributed by atoms with E-state index in [1.54, 1.807) is 0 Å². The van der Waals surface area contributed by atoms with Gasteiger partial charge < -0.3 is 0 Å². The van der Waals surface area contributed by atoms with Crippen molar-refractivity contribution in [3.05, 3.63) is 35.9 Å². The maximum atomic E-state index is 11.2. The summed E-state index contributed by atoms with van der Waals surface area (Å²) in [6.45, 7) is 0. The number of benzene rings is 1. The molecule has 1 fully saturated rings. The van der Waals surface area contributed by atoms with Gasteiger partial charge in [-0.05, 0) is 24.8 Å². The maximum absolute atomic E-state index is 11.2. The molecule has 1 aromatic carbocycles. The highest BCUT2D eigenvalue weighted by atomic mass is 32.2. The van der Waals surface area contributed by atoms with Gasteiger partial charge in [-0.2, -0.15) is 13.1 Å². The van der Waals surface area contributed by atoms with Gasteiger partial charge in [-0.1, -0.05) is 43.2 Å². The van der Waals surface area contributed by atoms with E-state index < -0.39 is 10.2 Å². The predicted octanol–water partition coefficient (Wildman–Crippen LogP) is 1.34. The van der Waals surface area contributed by atoms with Crippen LogP contribution in [0.2, 0.25) is 0 Å². The normalized spacial score (nSPS) is 19.4. The van der Waals surface area contributed by atoms with Gasteiger partial charge in [0.15, 0.2) is 0 Å². The Balaban J connectivity index is 2.18. The molecule has 0 amide bonds. The van der Waals surface area contributed by atoms with Gasteiger partial charge in [-0.15, -0.1) is 0 Å². The first-order chi connectivity index (χ1) is 7.99. The van der Waals surface area contributed by atoms with Crippen LogP contribution in [-0.2, 0) is 16.6 Å². The Bertz CT molecular complexity index is 465. The first-order valence-corrected chi connectivity index (χ1v) is 7.39. The van der Waals surface area contributed by atoms with Crippen LogP contribution < -0.4 is 9.86 Å². The Hall–Kier alpha value is -0.910. The van der Waals surface area contributed by atoms with Crippen molar-refractivity contribution in [2.75, 3.05) is 0 Å². The fraction of sp³-hybridized carbons (Fsp3) is 0.500. The molecule has 0 aliphatic heterocycles. The van der Waals surface area contributed by atoms with Crippen molar-refractivity contribution < 1.29 is 8.42 Å². The monoisotopic (exact) mass is 254 g/mol. The molecule has 0 radical (unpaired) electrons. The number of nitrogens with two attached hydrogens (primary N) is 1. The number of hydrogen-bond acceptors (Lipinski definition) is 2. The van der Waals surface area contributed by atoms with Crippen molar-refractivity contribution in [2.24, 2.45) is 5.14 Å². The summed E-state index contributed by atoms with van der Waals surface area (Å²) in [4.78, 5) is 0. The Labute approximate surface area is 102 Å². The lowest BCUT2D eigenvalue weighted by atomic mass is 9.90. The van der Waals surface area contributed by atoms with Gasteiger partial charge in [-0.3, -0.25) is 0 Å². The van der Waals surface area contributed by atoms with Gasteiger partial charge in [0.25, 0.3) is 10.2 Å². The Morgan fingerprint density at radius 2 is 1.76 bits per heavy atom. The average molecular weight is 254 g/mol. The zero-order valence-corrected chi connectivity index (χ0v) is 10.5. The quantitative estimate of drug-likeness (QED) is 0.851. The average Bonchev–Trinajstić information content (AvgIpc) is 2.65. The first kappa shape index (κ1) is 12.5. The minimum absolute atomic E-state index is 0.380. The number of nitrogens with one attached hydrogen (secondary N) is 1. The lowest BCUT2D eigenvalue weighted by Crippen LogP contribution is -2.50. The van der Waals surface area contributed by atoms with Crippen LogP contribution in [0.5, 0.6) is 0 Å². The highest BCUT2D eigenvalue weighted by molar-refractivity contribution is 7.87. The molecule has 17 heavy (non-hydrogen) atoms. The van der Waals surface area contributed by atoms with Crippen molar-refractivity contribution in [1.29, 1.82) is 0 Å². The molecular formula is C12H18N2O2S.